The van der Waals surface area contributed by atoms with E-state index in [9.17, 15) is 0 Å². The molecule has 0 aromatic heterocycles. The highest BCUT2D eigenvalue weighted by atomic mass is 16.5. The lowest BCUT2D eigenvalue weighted by Crippen LogP contribution is -2.49. The van der Waals surface area contributed by atoms with Crippen molar-refractivity contribution in [2.24, 2.45) is 0 Å². The van der Waals surface area contributed by atoms with Gasteiger partial charge in [0.1, 0.15) is 0 Å². The first-order valence-corrected chi connectivity index (χ1v) is 6.75. The zero-order valence-corrected chi connectivity index (χ0v) is 11.3. The first-order valence-electron chi connectivity index (χ1n) is 6.75. The summed E-state index contributed by atoms with van der Waals surface area (Å²) in [6.45, 7) is 9.98. The minimum atomic E-state index is 0.469. The van der Waals surface area contributed by atoms with Crippen LogP contribution in [0.2, 0.25) is 0 Å². The Bertz CT molecular complexity index is 177. The van der Waals surface area contributed by atoms with Crippen molar-refractivity contribution in [3.8, 4) is 0 Å². The van der Waals surface area contributed by atoms with Crippen LogP contribution in [0.15, 0.2) is 0 Å². The fraction of sp³-hybridized carbons (Fsp3) is 1.00. The van der Waals surface area contributed by atoms with Gasteiger partial charge in [0.25, 0.3) is 0 Å². The van der Waals surface area contributed by atoms with Crippen molar-refractivity contribution in [2.45, 2.75) is 58.2 Å². The standard InChI is InChI=1S/C13H28N2O/c1-5-13(14-4)11(3)15(6-2)10-12-8-7-9-16-12/h11-14H,5-10H2,1-4H3. The molecular formula is C13H28N2O. The van der Waals surface area contributed by atoms with Gasteiger partial charge in [-0.05, 0) is 39.8 Å². The molecule has 0 bridgehead atoms. The zero-order chi connectivity index (χ0) is 12.0. The van der Waals surface area contributed by atoms with E-state index in [2.05, 4.69) is 38.0 Å². The molecule has 0 aromatic carbocycles. The monoisotopic (exact) mass is 228 g/mol. The van der Waals surface area contributed by atoms with Gasteiger partial charge in [-0.2, -0.15) is 0 Å². The molecule has 0 aliphatic carbocycles. The molecule has 16 heavy (non-hydrogen) atoms. The maximum Gasteiger partial charge on any atom is 0.0702 e. The summed E-state index contributed by atoms with van der Waals surface area (Å²) in [6.07, 6.45) is 4.12. The number of nitrogens with zero attached hydrogens (tertiary/aromatic N) is 1. The lowest BCUT2D eigenvalue weighted by atomic mass is 10.1. The Morgan fingerprint density at radius 2 is 2.19 bits per heavy atom. The Morgan fingerprint density at radius 1 is 1.44 bits per heavy atom. The predicted octanol–water partition coefficient (Wildman–Crippen LogP) is 1.87. The lowest BCUT2D eigenvalue weighted by Gasteiger charge is -2.34. The molecule has 1 aliphatic rings. The normalized spacial score (nSPS) is 24.9. The summed E-state index contributed by atoms with van der Waals surface area (Å²) in [5, 5.41) is 3.41. The molecule has 0 amide bonds. The van der Waals surface area contributed by atoms with Gasteiger partial charge in [-0.15, -0.1) is 0 Å². The second-order valence-electron chi connectivity index (χ2n) is 4.77. The number of rotatable bonds is 7. The van der Waals surface area contributed by atoms with Crippen LogP contribution in [-0.2, 0) is 4.74 Å². The van der Waals surface area contributed by atoms with Crippen molar-refractivity contribution in [3.05, 3.63) is 0 Å². The molecule has 96 valence electrons. The van der Waals surface area contributed by atoms with Gasteiger partial charge in [0.05, 0.1) is 6.10 Å². The van der Waals surface area contributed by atoms with Gasteiger partial charge in [-0.1, -0.05) is 13.8 Å². The quantitative estimate of drug-likeness (QED) is 0.720. The second kappa shape index (κ2) is 7.25. The molecular weight excluding hydrogens is 200 g/mol. The molecule has 0 radical (unpaired) electrons. The number of hydrogen-bond acceptors (Lipinski definition) is 3. The van der Waals surface area contributed by atoms with Crippen molar-refractivity contribution in [2.75, 3.05) is 26.7 Å². The number of nitrogens with one attached hydrogen (secondary N) is 1. The molecule has 1 rings (SSSR count). The largest absolute Gasteiger partial charge is 0.377 e. The molecule has 3 heteroatoms. The van der Waals surface area contributed by atoms with Gasteiger partial charge in [-0.3, -0.25) is 4.90 Å². The minimum Gasteiger partial charge on any atom is -0.377 e. The Labute approximate surface area is 101 Å². The average molecular weight is 228 g/mol. The van der Waals surface area contributed by atoms with Gasteiger partial charge < -0.3 is 10.1 Å². The van der Waals surface area contributed by atoms with Gasteiger partial charge in [0.2, 0.25) is 0 Å². The van der Waals surface area contributed by atoms with E-state index in [1.165, 1.54) is 19.3 Å². The maximum atomic E-state index is 5.72. The molecule has 1 saturated heterocycles. The van der Waals surface area contributed by atoms with Crippen LogP contribution < -0.4 is 5.32 Å². The van der Waals surface area contributed by atoms with Gasteiger partial charge in [-0.25, -0.2) is 0 Å². The summed E-state index contributed by atoms with van der Waals surface area (Å²) in [6, 6.07) is 1.17. The van der Waals surface area contributed by atoms with E-state index >= 15 is 0 Å². The van der Waals surface area contributed by atoms with Crippen LogP contribution in [0.5, 0.6) is 0 Å². The van der Waals surface area contributed by atoms with E-state index < -0.39 is 0 Å². The molecule has 1 N–H and O–H groups in total. The van der Waals surface area contributed by atoms with Crippen LogP contribution >= 0.6 is 0 Å². The predicted molar refractivity (Wildman–Crippen MR) is 68.8 cm³/mol. The fourth-order valence-electron chi connectivity index (χ4n) is 2.67. The second-order valence-corrected chi connectivity index (χ2v) is 4.77. The summed E-state index contributed by atoms with van der Waals surface area (Å²) in [5.41, 5.74) is 0. The third-order valence-electron chi connectivity index (χ3n) is 3.84. The Hall–Kier alpha value is -0.120. The van der Waals surface area contributed by atoms with E-state index in [0.29, 0.717) is 18.2 Å². The smallest absolute Gasteiger partial charge is 0.0702 e. The van der Waals surface area contributed by atoms with Crippen molar-refractivity contribution in [1.29, 1.82) is 0 Å². The topological polar surface area (TPSA) is 24.5 Å². The lowest BCUT2D eigenvalue weighted by molar-refractivity contribution is 0.0548. The molecule has 1 aliphatic heterocycles. The van der Waals surface area contributed by atoms with Gasteiger partial charge >= 0.3 is 0 Å². The molecule has 3 atom stereocenters. The first kappa shape index (κ1) is 13.9. The maximum absolute atomic E-state index is 5.72. The summed E-state index contributed by atoms with van der Waals surface area (Å²) < 4.78 is 5.72. The highest BCUT2D eigenvalue weighted by molar-refractivity contribution is 4.81. The Balaban J connectivity index is 2.44. The van der Waals surface area contributed by atoms with Crippen molar-refractivity contribution < 1.29 is 4.74 Å². The fourth-order valence-corrected chi connectivity index (χ4v) is 2.67. The van der Waals surface area contributed by atoms with Gasteiger partial charge in [0, 0.05) is 25.2 Å². The third kappa shape index (κ3) is 3.72. The van der Waals surface area contributed by atoms with E-state index in [4.69, 9.17) is 4.74 Å². The molecule has 1 fully saturated rings. The molecule has 3 nitrogen and oxygen atoms in total. The van der Waals surface area contributed by atoms with Crippen LogP contribution in [0.4, 0.5) is 0 Å². The van der Waals surface area contributed by atoms with Crippen molar-refractivity contribution in [1.82, 2.24) is 10.2 Å². The minimum absolute atomic E-state index is 0.469. The highest BCUT2D eigenvalue weighted by Gasteiger charge is 2.24. The van der Waals surface area contributed by atoms with Gasteiger partial charge in [0.15, 0.2) is 0 Å². The van der Waals surface area contributed by atoms with E-state index in [0.717, 1.165) is 19.7 Å². The average Bonchev–Trinajstić information content (AvgIpc) is 2.80. The third-order valence-corrected chi connectivity index (χ3v) is 3.84. The summed E-state index contributed by atoms with van der Waals surface area (Å²) in [7, 11) is 2.06. The Kier molecular flexibility index (Phi) is 6.32. The number of ether oxygens (including phenoxy) is 1. The molecule has 0 saturated carbocycles. The summed E-state index contributed by atoms with van der Waals surface area (Å²) >= 11 is 0. The van der Waals surface area contributed by atoms with Crippen LogP contribution in [0.25, 0.3) is 0 Å². The zero-order valence-electron chi connectivity index (χ0n) is 11.3. The summed E-state index contributed by atoms with van der Waals surface area (Å²) in [5.74, 6) is 0. The first-order chi connectivity index (χ1) is 7.72. The summed E-state index contributed by atoms with van der Waals surface area (Å²) in [4.78, 5) is 2.54. The molecule has 0 aromatic rings. The Morgan fingerprint density at radius 3 is 2.62 bits per heavy atom. The van der Waals surface area contributed by atoms with Crippen LogP contribution in [-0.4, -0.2) is 49.8 Å². The van der Waals surface area contributed by atoms with Crippen LogP contribution in [0, 0.1) is 0 Å². The molecule has 3 unspecified atom stereocenters. The van der Waals surface area contributed by atoms with Crippen LogP contribution in [0.3, 0.4) is 0 Å². The highest BCUT2D eigenvalue weighted by Crippen LogP contribution is 2.16. The van der Waals surface area contributed by atoms with Crippen molar-refractivity contribution >= 4 is 0 Å². The van der Waals surface area contributed by atoms with Crippen LogP contribution in [0.1, 0.15) is 40.0 Å². The van der Waals surface area contributed by atoms with E-state index in [1.54, 1.807) is 0 Å². The van der Waals surface area contributed by atoms with E-state index in [-0.39, 0.29) is 0 Å². The van der Waals surface area contributed by atoms with Crippen molar-refractivity contribution in [3.63, 3.8) is 0 Å². The number of hydrogen-bond donors (Lipinski definition) is 1. The molecule has 0 spiro atoms. The number of likely N-dealkylation sites (N-methyl/N-ethyl adjacent to an activating group) is 2. The SMILES string of the molecule is CCC(NC)C(C)N(CC)CC1CCCO1. The molecule has 1 heterocycles. The van der Waals surface area contributed by atoms with E-state index in [1.807, 2.05) is 0 Å².